The van der Waals surface area contributed by atoms with Gasteiger partial charge in [-0.2, -0.15) is 5.26 Å². The van der Waals surface area contributed by atoms with Crippen LogP contribution in [0.25, 0.3) is 0 Å². The number of sulfonamides is 1. The van der Waals surface area contributed by atoms with Crippen LogP contribution >= 0.6 is 0 Å². The van der Waals surface area contributed by atoms with Gasteiger partial charge in [-0.05, 0) is 23.6 Å². The summed E-state index contributed by atoms with van der Waals surface area (Å²) in [6.45, 7) is 3.83. The molecule has 0 aromatic heterocycles. The molecule has 0 aliphatic carbocycles. The predicted molar refractivity (Wildman–Crippen MR) is 73.6 cm³/mol. The number of nitrogens with two attached hydrogens (primary N) is 1. The van der Waals surface area contributed by atoms with Crippen molar-refractivity contribution in [2.24, 2.45) is 17.0 Å². The van der Waals surface area contributed by atoms with Gasteiger partial charge < -0.3 is 5.32 Å². The van der Waals surface area contributed by atoms with Crippen LogP contribution in [0.2, 0.25) is 0 Å². The standard InChI is InChI=1S/C13H17N3O3S/c1-9(2)12(7-14)13(17)16-8-10-3-5-11(6-4-10)20(15,18)19/h3-6,9,12H,8H2,1-2H3,(H,16,17)(H2,15,18,19). The van der Waals surface area contributed by atoms with Crippen LogP contribution in [-0.4, -0.2) is 14.3 Å². The number of carbonyl (C=O) groups is 1. The zero-order valence-corrected chi connectivity index (χ0v) is 12.1. The lowest BCUT2D eigenvalue weighted by atomic mass is 9.96. The number of primary sulfonamides is 1. The van der Waals surface area contributed by atoms with Crippen LogP contribution in [0, 0.1) is 23.2 Å². The predicted octanol–water partition coefficient (Wildman–Crippen LogP) is 0.746. The molecule has 0 spiro atoms. The van der Waals surface area contributed by atoms with Crippen LogP contribution in [0.15, 0.2) is 29.2 Å². The monoisotopic (exact) mass is 295 g/mol. The first-order chi connectivity index (χ1) is 9.25. The van der Waals surface area contributed by atoms with Crippen LogP contribution in [0.5, 0.6) is 0 Å². The van der Waals surface area contributed by atoms with Crippen LogP contribution < -0.4 is 10.5 Å². The summed E-state index contributed by atoms with van der Waals surface area (Å²) in [5.41, 5.74) is 0.728. The number of nitrogens with one attached hydrogen (secondary N) is 1. The molecule has 0 aliphatic heterocycles. The van der Waals surface area contributed by atoms with Gasteiger partial charge >= 0.3 is 0 Å². The van der Waals surface area contributed by atoms with E-state index < -0.39 is 15.9 Å². The third-order valence-electron chi connectivity index (χ3n) is 2.81. The van der Waals surface area contributed by atoms with E-state index in [2.05, 4.69) is 5.32 Å². The third-order valence-corrected chi connectivity index (χ3v) is 3.74. The molecule has 1 rings (SSSR count). The maximum absolute atomic E-state index is 11.8. The highest BCUT2D eigenvalue weighted by Crippen LogP contribution is 2.11. The number of carbonyl (C=O) groups excluding carboxylic acids is 1. The van der Waals surface area contributed by atoms with E-state index in [1.54, 1.807) is 26.0 Å². The summed E-state index contributed by atoms with van der Waals surface area (Å²) in [5.74, 6) is -1.10. The number of rotatable bonds is 5. The Hall–Kier alpha value is -1.91. The number of amides is 1. The minimum Gasteiger partial charge on any atom is -0.351 e. The average Bonchev–Trinajstić information content (AvgIpc) is 2.36. The van der Waals surface area contributed by atoms with Crippen molar-refractivity contribution in [1.82, 2.24) is 5.32 Å². The number of nitriles is 1. The van der Waals surface area contributed by atoms with Crippen LogP contribution in [-0.2, 0) is 21.4 Å². The molecular weight excluding hydrogens is 278 g/mol. The molecule has 3 N–H and O–H groups in total. The summed E-state index contributed by atoms with van der Waals surface area (Å²) < 4.78 is 22.2. The van der Waals surface area contributed by atoms with E-state index >= 15 is 0 Å². The van der Waals surface area contributed by atoms with Gasteiger partial charge in [0.15, 0.2) is 0 Å². The van der Waals surface area contributed by atoms with Crippen molar-refractivity contribution in [2.75, 3.05) is 0 Å². The molecule has 1 aromatic carbocycles. The van der Waals surface area contributed by atoms with Gasteiger partial charge in [0.05, 0.1) is 11.0 Å². The largest absolute Gasteiger partial charge is 0.351 e. The van der Waals surface area contributed by atoms with Gasteiger partial charge in [-0.1, -0.05) is 26.0 Å². The van der Waals surface area contributed by atoms with Crippen molar-refractivity contribution in [3.63, 3.8) is 0 Å². The molecule has 0 fully saturated rings. The maximum Gasteiger partial charge on any atom is 0.238 e. The first-order valence-electron chi connectivity index (χ1n) is 6.04. The second-order valence-electron chi connectivity index (χ2n) is 4.76. The van der Waals surface area contributed by atoms with Crippen molar-refractivity contribution >= 4 is 15.9 Å². The molecule has 0 bridgehead atoms. The molecule has 0 saturated heterocycles. The van der Waals surface area contributed by atoms with Gasteiger partial charge in [0.25, 0.3) is 0 Å². The third kappa shape index (κ3) is 4.33. The van der Waals surface area contributed by atoms with Gasteiger partial charge in [-0.15, -0.1) is 0 Å². The molecule has 0 saturated carbocycles. The first kappa shape index (κ1) is 16.1. The number of benzene rings is 1. The fourth-order valence-corrected chi connectivity index (χ4v) is 2.12. The Kier molecular flexibility index (Phi) is 5.25. The molecule has 7 heteroatoms. The first-order valence-corrected chi connectivity index (χ1v) is 7.59. The highest BCUT2D eigenvalue weighted by atomic mass is 32.2. The van der Waals surface area contributed by atoms with Crippen LogP contribution in [0.1, 0.15) is 19.4 Å². The van der Waals surface area contributed by atoms with E-state index in [9.17, 15) is 13.2 Å². The summed E-state index contributed by atoms with van der Waals surface area (Å²) in [6, 6.07) is 7.84. The van der Waals surface area contributed by atoms with Crippen molar-refractivity contribution in [2.45, 2.75) is 25.3 Å². The van der Waals surface area contributed by atoms with E-state index in [1.807, 2.05) is 6.07 Å². The van der Waals surface area contributed by atoms with E-state index in [4.69, 9.17) is 10.4 Å². The minimum absolute atomic E-state index is 0.0182. The molecule has 108 valence electrons. The van der Waals surface area contributed by atoms with Crippen LogP contribution in [0.4, 0.5) is 0 Å². The molecule has 0 radical (unpaired) electrons. The zero-order valence-electron chi connectivity index (χ0n) is 11.3. The molecule has 1 amide bonds. The fourth-order valence-electron chi connectivity index (χ4n) is 1.61. The summed E-state index contributed by atoms with van der Waals surface area (Å²) in [6.07, 6.45) is 0. The minimum atomic E-state index is -3.71. The fraction of sp³-hybridized carbons (Fsp3) is 0.385. The lowest BCUT2D eigenvalue weighted by Gasteiger charge is -2.13. The Labute approximate surface area is 118 Å². The summed E-state index contributed by atoms with van der Waals surface area (Å²) >= 11 is 0. The lowest BCUT2D eigenvalue weighted by molar-refractivity contribution is -0.124. The summed E-state index contributed by atoms with van der Waals surface area (Å²) in [7, 11) is -3.71. The van der Waals surface area contributed by atoms with Crippen molar-refractivity contribution < 1.29 is 13.2 Å². The topological polar surface area (TPSA) is 113 Å². The molecule has 1 atom stereocenters. The number of hydrogen-bond acceptors (Lipinski definition) is 4. The molecule has 0 aliphatic rings. The smallest absolute Gasteiger partial charge is 0.238 e. The van der Waals surface area contributed by atoms with E-state index in [1.165, 1.54) is 12.1 Å². The highest BCUT2D eigenvalue weighted by Gasteiger charge is 2.21. The van der Waals surface area contributed by atoms with Crippen molar-refractivity contribution in [3.05, 3.63) is 29.8 Å². The van der Waals surface area contributed by atoms with E-state index in [0.717, 1.165) is 5.56 Å². The molecule has 20 heavy (non-hydrogen) atoms. The molecule has 1 unspecified atom stereocenters. The van der Waals surface area contributed by atoms with Gasteiger partial charge in [0.1, 0.15) is 5.92 Å². The number of hydrogen-bond donors (Lipinski definition) is 2. The molecule has 6 nitrogen and oxygen atoms in total. The summed E-state index contributed by atoms with van der Waals surface area (Å²) in [5, 5.41) is 16.5. The average molecular weight is 295 g/mol. The highest BCUT2D eigenvalue weighted by molar-refractivity contribution is 7.89. The van der Waals surface area contributed by atoms with Gasteiger partial charge in [0, 0.05) is 6.54 Å². The Morgan fingerprint density at radius 3 is 2.30 bits per heavy atom. The van der Waals surface area contributed by atoms with Gasteiger partial charge in [-0.3, -0.25) is 4.79 Å². The second kappa shape index (κ2) is 6.50. The van der Waals surface area contributed by atoms with Crippen LogP contribution in [0.3, 0.4) is 0 Å². The quantitative estimate of drug-likeness (QED) is 0.834. The van der Waals surface area contributed by atoms with E-state index in [-0.39, 0.29) is 23.3 Å². The molecule has 1 aromatic rings. The SMILES string of the molecule is CC(C)C(C#N)C(=O)NCc1ccc(S(N)(=O)=O)cc1. The van der Waals surface area contributed by atoms with Crippen molar-refractivity contribution in [1.29, 1.82) is 5.26 Å². The maximum atomic E-state index is 11.8. The normalized spacial score (nSPS) is 12.8. The summed E-state index contributed by atoms with van der Waals surface area (Å²) in [4.78, 5) is 11.8. The molecular formula is C13H17N3O3S. The second-order valence-corrected chi connectivity index (χ2v) is 6.32. The lowest BCUT2D eigenvalue weighted by Crippen LogP contribution is -2.32. The van der Waals surface area contributed by atoms with Gasteiger partial charge in [0.2, 0.25) is 15.9 Å². The molecule has 0 heterocycles. The number of nitrogens with zero attached hydrogens (tertiary/aromatic N) is 1. The Morgan fingerprint density at radius 1 is 1.35 bits per heavy atom. The Balaban J connectivity index is 2.68. The van der Waals surface area contributed by atoms with E-state index in [0.29, 0.717) is 0 Å². The Morgan fingerprint density at radius 2 is 1.90 bits per heavy atom. The zero-order chi connectivity index (χ0) is 15.3. The van der Waals surface area contributed by atoms with Crippen molar-refractivity contribution in [3.8, 4) is 6.07 Å². The van der Waals surface area contributed by atoms with Gasteiger partial charge in [-0.25, -0.2) is 13.6 Å². The Bertz CT molecular complexity index is 615.